The van der Waals surface area contributed by atoms with Crippen LogP contribution in [0.15, 0.2) is 0 Å². The van der Waals surface area contributed by atoms with E-state index in [1.54, 1.807) is 11.9 Å². The Balaban J connectivity index is 1.72. The molecular formula is C12H21N3O2S. The van der Waals surface area contributed by atoms with Gasteiger partial charge in [-0.25, -0.2) is 0 Å². The summed E-state index contributed by atoms with van der Waals surface area (Å²) in [5.41, 5.74) is 0. The Morgan fingerprint density at radius 1 is 1.61 bits per heavy atom. The van der Waals surface area contributed by atoms with E-state index in [1.807, 2.05) is 11.8 Å². The molecule has 0 spiro atoms. The number of rotatable bonds is 3. The molecule has 2 saturated heterocycles. The van der Waals surface area contributed by atoms with E-state index in [9.17, 15) is 9.59 Å². The van der Waals surface area contributed by atoms with Gasteiger partial charge in [-0.15, -0.1) is 0 Å². The van der Waals surface area contributed by atoms with E-state index in [1.165, 1.54) is 0 Å². The van der Waals surface area contributed by atoms with Crippen LogP contribution in [0.1, 0.15) is 19.3 Å². The molecule has 5 nitrogen and oxygen atoms in total. The minimum atomic E-state index is 0.0998. The van der Waals surface area contributed by atoms with Crippen molar-refractivity contribution in [3.05, 3.63) is 0 Å². The van der Waals surface area contributed by atoms with Gasteiger partial charge in [0.15, 0.2) is 0 Å². The summed E-state index contributed by atoms with van der Waals surface area (Å²) < 4.78 is 0. The van der Waals surface area contributed by atoms with Gasteiger partial charge in [0.2, 0.25) is 11.8 Å². The van der Waals surface area contributed by atoms with Gasteiger partial charge in [-0.1, -0.05) is 0 Å². The van der Waals surface area contributed by atoms with Gasteiger partial charge >= 0.3 is 0 Å². The first kappa shape index (κ1) is 13.7. The van der Waals surface area contributed by atoms with E-state index in [2.05, 4.69) is 10.6 Å². The van der Waals surface area contributed by atoms with Crippen LogP contribution < -0.4 is 10.6 Å². The average Bonchev–Trinajstić information content (AvgIpc) is 2.35. The molecule has 2 unspecified atom stereocenters. The van der Waals surface area contributed by atoms with Gasteiger partial charge in [-0.2, -0.15) is 11.8 Å². The second-order valence-corrected chi connectivity index (χ2v) is 6.16. The van der Waals surface area contributed by atoms with Crippen LogP contribution in [-0.4, -0.2) is 60.4 Å². The molecule has 2 rings (SSSR count). The lowest BCUT2D eigenvalue weighted by Crippen LogP contribution is -2.50. The van der Waals surface area contributed by atoms with E-state index in [-0.39, 0.29) is 17.9 Å². The number of amides is 2. The van der Waals surface area contributed by atoms with Gasteiger partial charge in [0, 0.05) is 56.6 Å². The number of thioether (sulfide) groups is 1. The maximum absolute atomic E-state index is 11.9. The fraction of sp³-hybridized carbons (Fsp3) is 0.833. The Morgan fingerprint density at radius 2 is 2.44 bits per heavy atom. The molecule has 2 N–H and O–H groups in total. The number of hydrogen-bond acceptors (Lipinski definition) is 4. The second-order valence-electron chi connectivity index (χ2n) is 5.01. The van der Waals surface area contributed by atoms with E-state index < -0.39 is 0 Å². The van der Waals surface area contributed by atoms with Gasteiger partial charge in [0.1, 0.15) is 0 Å². The molecule has 102 valence electrons. The maximum Gasteiger partial charge on any atom is 0.222 e. The first-order chi connectivity index (χ1) is 8.65. The summed E-state index contributed by atoms with van der Waals surface area (Å²) in [5.74, 6) is 2.41. The van der Waals surface area contributed by atoms with Crippen molar-refractivity contribution in [1.82, 2.24) is 15.5 Å². The molecule has 0 radical (unpaired) electrons. The van der Waals surface area contributed by atoms with Crippen LogP contribution in [0.4, 0.5) is 0 Å². The third kappa shape index (κ3) is 3.88. The molecule has 2 aliphatic rings. The normalized spacial score (nSPS) is 29.2. The number of carbonyl (C=O) groups excluding carboxylic acids is 2. The number of nitrogens with zero attached hydrogens (tertiary/aromatic N) is 1. The number of piperidine rings is 1. The van der Waals surface area contributed by atoms with Crippen LogP contribution in [0, 0.1) is 0 Å². The number of likely N-dealkylation sites (N-methyl/N-ethyl adjacent to an activating group) is 1. The summed E-state index contributed by atoms with van der Waals surface area (Å²) in [5, 5.41) is 6.39. The van der Waals surface area contributed by atoms with Crippen molar-refractivity contribution in [1.29, 1.82) is 0 Å². The molecule has 2 fully saturated rings. The highest BCUT2D eigenvalue weighted by Crippen LogP contribution is 2.12. The Labute approximate surface area is 112 Å². The molecule has 6 heteroatoms. The molecule has 0 bridgehead atoms. The predicted octanol–water partition coefficient (Wildman–Crippen LogP) is -0.181. The first-order valence-electron chi connectivity index (χ1n) is 6.49. The number of hydrogen-bond donors (Lipinski definition) is 2. The Kier molecular flexibility index (Phi) is 4.88. The standard InChI is InChI=1S/C12H21N3O2S/c1-15-7-9(2-3-12(15)17)14-11(16)6-10-8-18-5-4-13-10/h9-10,13H,2-8H2,1H3,(H,14,16). The monoisotopic (exact) mass is 271 g/mol. The highest BCUT2D eigenvalue weighted by molar-refractivity contribution is 7.99. The largest absolute Gasteiger partial charge is 0.352 e. The van der Waals surface area contributed by atoms with Crippen molar-refractivity contribution in [3.8, 4) is 0 Å². The van der Waals surface area contributed by atoms with Gasteiger partial charge < -0.3 is 15.5 Å². The lowest BCUT2D eigenvalue weighted by Gasteiger charge is -2.31. The molecule has 2 atom stereocenters. The lowest BCUT2D eigenvalue weighted by atomic mass is 10.1. The van der Waals surface area contributed by atoms with Crippen molar-refractivity contribution in [2.75, 3.05) is 31.6 Å². The molecule has 0 saturated carbocycles. The van der Waals surface area contributed by atoms with Crippen molar-refractivity contribution >= 4 is 23.6 Å². The molecule has 2 heterocycles. The van der Waals surface area contributed by atoms with E-state index in [0.717, 1.165) is 24.5 Å². The second kappa shape index (κ2) is 6.43. The average molecular weight is 271 g/mol. The van der Waals surface area contributed by atoms with Crippen LogP contribution >= 0.6 is 11.8 Å². The van der Waals surface area contributed by atoms with E-state index >= 15 is 0 Å². The highest BCUT2D eigenvalue weighted by atomic mass is 32.2. The van der Waals surface area contributed by atoms with Crippen molar-refractivity contribution < 1.29 is 9.59 Å². The van der Waals surface area contributed by atoms with Crippen molar-refractivity contribution in [3.63, 3.8) is 0 Å². The van der Waals surface area contributed by atoms with E-state index in [0.29, 0.717) is 25.4 Å². The quantitative estimate of drug-likeness (QED) is 0.747. The molecule has 2 amide bonds. The lowest BCUT2D eigenvalue weighted by molar-refractivity contribution is -0.134. The summed E-state index contributed by atoms with van der Waals surface area (Å²) in [6.45, 7) is 1.63. The minimum absolute atomic E-state index is 0.0998. The number of carbonyl (C=O) groups is 2. The van der Waals surface area contributed by atoms with Crippen LogP contribution in [0.25, 0.3) is 0 Å². The van der Waals surface area contributed by atoms with Crippen LogP contribution in [0.3, 0.4) is 0 Å². The molecular weight excluding hydrogens is 250 g/mol. The maximum atomic E-state index is 11.9. The zero-order valence-electron chi connectivity index (χ0n) is 10.8. The van der Waals surface area contributed by atoms with Crippen LogP contribution in [0.5, 0.6) is 0 Å². The first-order valence-corrected chi connectivity index (χ1v) is 7.65. The molecule has 0 aromatic heterocycles. The molecule has 0 aliphatic carbocycles. The van der Waals surface area contributed by atoms with Gasteiger partial charge in [0.25, 0.3) is 0 Å². The Morgan fingerprint density at radius 3 is 3.11 bits per heavy atom. The minimum Gasteiger partial charge on any atom is -0.352 e. The third-order valence-corrected chi connectivity index (χ3v) is 4.55. The van der Waals surface area contributed by atoms with Gasteiger partial charge in [-0.3, -0.25) is 9.59 Å². The zero-order chi connectivity index (χ0) is 13.0. The third-order valence-electron chi connectivity index (χ3n) is 3.42. The fourth-order valence-corrected chi connectivity index (χ4v) is 3.34. The Hall–Kier alpha value is -0.750. The van der Waals surface area contributed by atoms with Crippen LogP contribution in [-0.2, 0) is 9.59 Å². The Bertz CT molecular complexity index is 318. The summed E-state index contributed by atoms with van der Waals surface area (Å²) in [7, 11) is 1.79. The SMILES string of the molecule is CN1CC(NC(=O)CC2CSCCN2)CCC1=O. The van der Waals surface area contributed by atoms with E-state index in [4.69, 9.17) is 0 Å². The van der Waals surface area contributed by atoms with Gasteiger partial charge in [-0.05, 0) is 6.42 Å². The molecule has 0 aromatic rings. The molecule has 0 aromatic carbocycles. The number of nitrogens with one attached hydrogen (secondary N) is 2. The summed E-state index contributed by atoms with van der Waals surface area (Å²) in [4.78, 5) is 24.9. The van der Waals surface area contributed by atoms with Gasteiger partial charge in [0.05, 0.1) is 0 Å². The topological polar surface area (TPSA) is 61.4 Å². The zero-order valence-corrected chi connectivity index (χ0v) is 11.6. The van der Waals surface area contributed by atoms with Crippen molar-refractivity contribution in [2.24, 2.45) is 0 Å². The molecule has 2 aliphatic heterocycles. The summed E-state index contributed by atoms with van der Waals surface area (Å²) in [6, 6.07) is 0.420. The fourth-order valence-electron chi connectivity index (χ4n) is 2.39. The smallest absolute Gasteiger partial charge is 0.222 e. The summed E-state index contributed by atoms with van der Waals surface area (Å²) in [6.07, 6.45) is 1.85. The summed E-state index contributed by atoms with van der Waals surface area (Å²) >= 11 is 1.90. The highest BCUT2D eigenvalue weighted by Gasteiger charge is 2.25. The predicted molar refractivity (Wildman–Crippen MR) is 72.5 cm³/mol. The van der Waals surface area contributed by atoms with Crippen LogP contribution in [0.2, 0.25) is 0 Å². The number of likely N-dealkylation sites (tertiary alicyclic amines) is 1. The van der Waals surface area contributed by atoms with Crippen molar-refractivity contribution in [2.45, 2.75) is 31.3 Å². The molecule has 18 heavy (non-hydrogen) atoms.